The van der Waals surface area contributed by atoms with Gasteiger partial charge in [-0.15, -0.1) is 21.5 Å². The number of benzene rings is 1. The summed E-state index contributed by atoms with van der Waals surface area (Å²) in [6.45, 7) is 0. The van der Waals surface area contributed by atoms with Gasteiger partial charge < -0.3 is 10.1 Å². The predicted molar refractivity (Wildman–Crippen MR) is 105 cm³/mol. The van der Waals surface area contributed by atoms with Gasteiger partial charge in [-0.2, -0.15) is 0 Å². The smallest absolute Gasteiger partial charge is 0.321 e. The average molecular weight is 403 g/mol. The zero-order valence-corrected chi connectivity index (χ0v) is 16.3. The SMILES string of the molecule is CNC(=O)NC(=O)CSc1nnc(-c2cccs2)n1-c1ccccc1OC. The molecule has 0 aliphatic carbocycles. The van der Waals surface area contributed by atoms with Crippen molar-refractivity contribution in [1.29, 1.82) is 0 Å². The first-order valence-electron chi connectivity index (χ1n) is 7.91. The lowest BCUT2D eigenvalue weighted by Crippen LogP contribution is -2.38. The number of para-hydroxylation sites is 2. The first kappa shape index (κ1) is 18.9. The summed E-state index contributed by atoms with van der Waals surface area (Å²) in [5.74, 6) is 0.910. The van der Waals surface area contributed by atoms with Crippen LogP contribution >= 0.6 is 23.1 Å². The largest absolute Gasteiger partial charge is 0.495 e. The number of aromatic nitrogens is 3. The van der Waals surface area contributed by atoms with Gasteiger partial charge in [0.1, 0.15) is 5.75 Å². The van der Waals surface area contributed by atoms with Crippen molar-refractivity contribution in [3.05, 3.63) is 41.8 Å². The van der Waals surface area contributed by atoms with E-state index >= 15 is 0 Å². The third-order valence-electron chi connectivity index (χ3n) is 3.51. The van der Waals surface area contributed by atoms with Crippen molar-refractivity contribution < 1.29 is 14.3 Å². The minimum absolute atomic E-state index is 0.0190. The third-order valence-corrected chi connectivity index (χ3v) is 5.31. The van der Waals surface area contributed by atoms with E-state index < -0.39 is 11.9 Å². The van der Waals surface area contributed by atoms with Gasteiger partial charge in [-0.25, -0.2) is 4.79 Å². The molecule has 2 heterocycles. The Morgan fingerprint density at radius 3 is 2.74 bits per heavy atom. The van der Waals surface area contributed by atoms with Gasteiger partial charge in [0.15, 0.2) is 11.0 Å². The van der Waals surface area contributed by atoms with Gasteiger partial charge in [-0.3, -0.25) is 14.7 Å². The molecule has 3 aromatic rings. The molecule has 0 saturated heterocycles. The second-order valence-electron chi connectivity index (χ2n) is 5.21. The molecule has 0 unspecified atom stereocenters. The number of hydrogen-bond acceptors (Lipinski definition) is 7. The molecule has 0 atom stereocenters. The fourth-order valence-electron chi connectivity index (χ4n) is 2.32. The summed E-state index contributed by atoms with van der Waals surface area (Å²) in [7, 11) is 3.04. The van der Waals surface area contributed by atoms with Gasteiger partial charge in [-0.1, -0.05) is 30.0 Å². The van der Waals surface area contributed by atoms with Crippen LogP contribution in [-0.2, 0) is 4.79 Å². The maximum atomic E-state index is 11.9. The van der Waals surface area contributed by atoms with Crippen LogP contribution in [0.3, 0.4) is 0 Å². The van der Waals surface area contributed by atoms with Crippen molar-refractivity contribution >= 4 is 35.0 Å². The average Bonchev–Trinajstić information content (AvgIpc) is 3.35. The molecule has 0 aliphatic rings. The van der Waals surface area contributed by atoms with Crippen molar-refractivity contribution in [1.82, 2.24) is 25.4 Å². The van der Waals surface area contributed by atoms with E-state index in [2.05, 4.69) is 20.8 Å². The number of urea groups is 1. The number of carbonyl (C=O) groups excluding carboxylic acids is 2. The fourth-order valence-corrected chi connectivity index (χ4v) is 3.76. The number of nitrogens with one attached hydrogen (secondary N) is 2. The lowest BCUT2D eigenvalue weighted by molar-refractivity contribution is -0.117. The van der Waals surface area contributed by atoms with E-state index in [0.29, 0.717) is 16.7 Å². The van der Waals surface area contributed by atoms with E-state index in [-0.39, 0.29) is 5.75 Å². The predicted octanol–water partition coefficient (Wildman–Crippen LogP) is 2.55. The van der Waals surface area contributed by atoms with Crippen LogP contribution in [0.5, 0.6) is 5.75 Å². The molecule has 27 heavy (non-hydrogen) atoms. The molecular weight excluding hydrogens is 386 g/mol. The number of nitrogens with zero attached hydrogens (tertiary/aromatic N) is 3. The number of ether oxygens (including phenoxy) is 1. The molecule has 0 spiro atoms. The lowest BCUT2D eigenvalue weighted by Gasteiger charge is -2.13. The standard InChI is InChI=1S/C17H17N5O3S2/c1-18-16(24)19-14(23)10-27-17-21-20-15(13-8-5-9-26-13)22(17)11-6-3-4-7-12(11)25-2/h3-9H,10H2,1-2H3,(H2,18,19,23,24). The number of carbonyl (C=O) groups is 2. The second-order valence-corrected chi connectivity index (χ2v) is 7.10. The molecule has 3 amide bonds. The summed E-state index contributed by atoms with van der Waals surface area (Å²) >= 11 is 2.73. The molecular formula is C17H17N5O3S2. The normalized spacial score (nSPS) is 10.4. The number of imide groups is 1. The molecule has 1 aromatic carbocycles. The van der Waals surface area contributed by atoms with Crippen LogP contribution in [0, 0.1) is 0 Å². The van der Waals surface area contributed by atoms with Crippen molar-refractivity contribution in [2.45, 2.75) is 5.16 Å². The molecule has 2 aromatic heterocycles. The van der Waals surface area contributed by atoms with Crippen molar-refractivity contribution in [2.75, 3.05) is 19.9 Å². The van der Waals surface area contributed by atoms with Crippen LogP contribution in [0.2, 0.25) is 0 Å². The molecule has 8 nitrogen and oxygen atoms in total. The molecule has 3 rings (SSSR count). The molecule has 10 heteroatoms. The summed E-state index contributed by atoms with van der Waals surface area (Å²) in [4.78, 5) is 24.1. The topological polar surface area (TPSA) is 98.1 Å². The van der Waals surface area contributed by atoms with Crippen LogP contribution in [0.4, 0.5) is 4.79 Å². The highest BCUT2D eigenvalue weighted by Gasteiger charge is 2.20. The van der Waals surface area contributed by atoms with Crippen LogP contribution in [0.25, 0.3) is 16.4 Å². The lowest BCUT2D eigenvalue weighted by atomic mass is 10.3. The number of methoxy groups -OCH3 is 1. The quantitative estimate of drug-likeness (QED) is 0.614. The Morgan fingerprint density at radius 1 is 1.22 bits per heavy atom. The van der Waals surface area contributed by atoms with Crippen LogP contribution in [0.15, 0.2) is 46.9 Å². The van der Waals surface area contributed by atoms with E-state index in [0.717, 1.165) is 10.6 Å². The first-order chi connectivity index (χ1) is 13.1. The summed E-state index contributed by atoms with van der Waals surface area (Å²) in [5, 5.41) is 15.6. The highest BCUT2D eigenvalue weighted by Crippen LogP contribution is 2.33. The maximum absolute atomic E-state index is 11.9. The number of amides is 3. The molecule has 0 radical (unpaired) electrons. The van der Waals surface area contributed by atoms with Gasteiger partial charge in [0.2, 0.25) is 5.91 Å². The van der Waals surface area contributed by atoms with E-state index in [1.807, 2.05) is 46.3 Å². The molecule has 0 fully saturated rings. The zero-order chi connectivity index (χ0) is 19.2. The Hall–Kier alpha value is -2.85. The molecule has 0 saturated carbocycles. The van der Waals surface area contributed by atoms with E-state index in [4.69, 9.17) is 4.74 Å². The molecule has 2 N–H and O–H groups in total. The number of thioether (sulfide) groups is 1. The Kier molecular flexibility index (Phi) is 6.09. The summed E-state index contributed by atoms with van der Waals surface area (Å²) < 4.78 is 7.32. The van der Waals surface area contributed by atoms with Gasteiger partial charge in [0.05, 0.1) is 23.4 Å². The van der Waals surface area contributed by atoms with Crippen LogP contribution in [0.1, 0.15) is 0 Å². The van der Waals surface area contributed by atoms with Gasteiger partial charge in [0.25, 0.3) is 0 Å². The third kappa shape index (κ3) is 4.29. The summed E-state index contributed by atoms with van der Waals surface area (Å²) in [6, 6.07) is 10.8. The molecule has 0 aliphatic heterocycles. The van der Waals surface area contributed by atoms with Crippen molar-refractivity contribution in [3.8, 4) is 22.1 Å². The number of rotatable bonds is 6. The Balaban J connectivity index is 1.95. The Bertz CT molecular complexity index is 940. The molecule has 140 valence electrons. The molecule has 0 bridgehead atoms. The van der Waals surface area contributed by atoms with Crippen molar-refractivity contribution in [3.63, 3.8) is 0 Å². The minimum atomic E-state index is -0.550. The van der Waals surface area contributed by atoms with E-state index in [1.165, 1.54) is 18.8 Å². The first-order valence-corrected chi connectivity index (χ1v) is 9.77. The minimum Gasteiger partial charge on any atom is -0.495 e. The summed E-state index contributed by atoms with van der Waals surface area (Å²) in [5.41, 5.74) is 0.766. The van der Waals surface area contributed by atoms with Gasteiger partial charge >= 0.3 is 6.03 Å². The van der Waals surface area contributed by atoms with Crippen LogP contribution < -0.4 is 15.4 Å². The van der Waals surface area contributed by atoms with Crippen LogP contribution in [-0.4, -0.2) is 46.6 Å². The monoisotopic (exact) mass is 403 g/mol. The van der Waals surface area contributed by atoms with E-state index in [1.54, 1.807) is 18.4 Å². The van der Waals surface area contributed by atoms with E-state index in [9.17, 15) is 9.59 Å². The Morgan fingerprint density at radius 2 is 2.04 bits per heavy atom. The number of hydrogen-bond donors (Lipinski definition) is 2. The fraction of sp³-hybridized carbons (Fsp3) is 0.176. The van der Waals surface area contributed by atoms with Gasteiger partial charge in [-0.05, 0) is 23.6 Å². The highest BCUT2D eigenvalue weighted by atomic mass is 32.2. The summed E-state index contributed by atoms with van der Waals surface area (Å²) in [6.07, 6.45) is 0. The highest BCUT2D eigenvalue weighted by molar-refractivity contribution is 7.99. The zero-order valence-electron chi connectivity index (χ0n) is 14.6. The Labute approximate surface area is 163 Å². The second kappa shape index (κ2) is 8.69. The number of thiophene rings is 1. The van der Waals surface area contributed by atoms with Gasteiger partial charge in [0, 0.05) is 7.05 Å². The van der Waals surface area contributed by atoms with Crippen molar-refractivity contribution in [2.24, 2.45) is 0 Å². The maximum Gasteiger partial charge on any atom is 0.321 e.